The average Bonchev–Trinajstić information content (AvgIpc) is 3.34. The Morgan fingerprint density at radius 2 is 1.83 bits per heavy atom. The van der Waals surface area contributed by atoms with Crippen molar-refractivity contribution in [1.82, 2.24) is 0 Å². The van der Waals surface area contributed by atoms with E-state index in [-0.39, 0.29) is 0 Å². The average molecular weight is 306 g/mol. The fourth-order valence-corrected chi connectivity index (χ4v) is 2.50. The zero-order valence-corrected chi connectivity index (χ0v) is 13.2. The summed E-state index contributed by atoms with van der Waals surface area (Å²) >= 11 is 0. The molecular formula is C19H18N2O2. The molecule has 1 aliphatic heterocycles. The number of hydrogen-bond donors (Lipinski definition) is 0. The van der Waals surface area contributed by atoms with Crippen LogP contribution in [-0.4, -0.2) is 7.11 Å². The molecule has 0 bridgehead atoms. The fourth-order valence-electron chi connectivity index (χ4n) is 2.50. The lowest BCUT2D eigenvalue weighted by Crippen LogP contribution is -2.09. The molecule has 0 unspecified atom stereocenters. The third-order valence-electron chi connectivity index (χ3n) is 3.92. The van der Waals surface area contributed by atoms with Crippen LogP contribution in [0.5, 0.6) is 5.75 Å². The Kier molecular flexibility index (Phi) is 4.14. The van der Waals surface area contributed by atoms with Gasteiger partial charge in [-0.3, -0.25) is 0 Å². The predicted octanol–water partition coefficient (Wildman–Crippen LogP) is 4.03. The molecule has 0 saturated carbocycles. The van der Waals surface area contributed by atoms with Crippen LogP contribution < -0.4 is 4.74 Å². The van der Waals surface area contributed by atoms with Gasteiger partial charge < -0.3 is 9.47 Å². The minimum absolute atomic E-state index is 0.433. The molecule has 4 nitrogen and oxygen atoms in total. The lowest BCUT2D eigenvalue weighted by atomic mass is 9.95. The number of hydrogen-bond acceptors (Lipinski definition) is 4. The molecule has 1 heterocycles. The van der Waals surface area contributed by atoms with E-state index in [2.05, 4.69) is 16.1 Å². The molecule has 0 aromatic heterocycles. The molecule has 0 atom stereocenters. The number of ether oxygens (including phenoxy) is 2. The number of rotatable bonds is 6. The van der Waals surface area contributed by atoms with Gasteiger partial charge in [-0.05, 0) is 30.7 Å². The summed E-state index contributed by atoms with van der Waals surface area (Å²) in [7, 11) is 1.65. The van der Waals surface area contributed by atoms with E-state index < -0.39 is 5.66 Å². The Morgan fingerprint density at radius 3 is 2.43 bits per heavy atom. The van der Waals surface area contributed by atoms with Gasteiger partial charge >= 0.3 is 0 Å². The highest BCUT2D eigenvalue weighted by Gasteiger charge is 2.38. The largest absolute Gasteiger partial charge is 0.497 e. The second-order valence-corrected chi connectivity index (χ2v) is 5.54. The second kappa shape index (κ2) is 6.23. The first-order chi connectivity index (χ1) is 11.2. The van der Waals surface area contributed by atoms with Gasteiger partial charge in [-0.25, -0.2) is 0 Å². The van der Waals surface area contributed by atoms with E-state index in [9.17, 15) is 0 Å². The van der Waals surface area contributed by atoms with Crippen LogP contribution in [0.2, 0.25) is 0 Å². The van der Waals surface area contributed by atoms with Crippen molar-refractivity contribution in [3.63, 3.8) is 0 Å². The summed E-state index contributed by atoms with van der Waals surface area (Å²) in [4.78, 5) is 0. The van der Waals surface area contributed by atoms with Gasteiger partial charge in [-0.2, -0.15) is 10.2 Å². The maximum Gasteiger partial charge on any atom is 0.213 e. The quantitative estimate of drug-likeness (QED) is 0.756. The van der Waals surface area contributed by atoms with Gasteiger partial charge in [0.2, 0.25) is 5.66 Å². The van der Waals surface area contributed by atoms with Crippen molar-refractivity contribution < 1.29 is 9.47 Å². The van der Waals surface area contributed by atoms with E-state index in [0.717, 1.165) is 28.0 Å². The summed E-state index contributed by atoms with van der Waals surface area (Å²) in [6.07, 6.45) is 5.62. The molecule has 1 aliphatic rings. The molecule has 0 fully saturated rings. The Hall–Kier alpha value is -2.64. The minimum atomic E-state index is -0.467. The van der Waals surface area contributed by atoms with Crippen molar-refractivity contribution in [3.05, 3.63) is 64.7 Å². The fraction of sp³-hybridized carbons (Fsp3) is 0.263. The normalized spacial score (nSPS) is 14.3. The molecule has 0 saturated heterocycles. The summed E-state index contributed by atoms with van der Waals surface area (Å²) in [5.41, 5.74) is 3.44. The van der Waals surface area contributed by atoms with Crippen LogP contribution in [0.3, 0.4) is 0 Å². The molecule has 0 aliphatic carbocycles. The zero-order valence-electron chi connectivity index (χ0n) is 13.2. The summed E-state index contributed by atoms with van der Waals surface area (Å²) in [6, 6.07) is 13.7. The first-order valence-electron chi connectivity index (χ1n) is 7.40. The van der Waals surface area contributed by atoms with E-state index >= 15 is 0 Å². The van der Waals surface area contributed by atoms with Crippen molar-refractivity contribution >= 4 is 0 Å². The number of terminal acetylenes is 1. The molecule has 3 rings (SSSR count). The topological polar surface area (TPSA) is 43.2 Å². The standard InChI is InChI=1S/C19H18N2O2/c1-4-15-6-5-7-18(19(2)20-21-19)17(15)13-23-12-14-8-10-16(22-3)11-9-14/h1,5-11H,12-13H2,2-3H3. The molecule has 2 aromatic carbocycles. The first kappa shape index (κ1) is 15.3. The zero-order chi connectivity index (χ0) is 16.3. The van der Waals surface area contributed by atoms with Gasteiger partial charge in [-0.1, -0.05) is 30.2 Å². The van der Waals surface area contributed by atoms with Crippen LogP contribution in [0.15, 0.2) is 52.7 Å². The van der Waals surface area contributed by atoms with Crippen LogP contribution in [0.25, 0.3) is 0 Å². The molecule has 4 heteroatoms. The van der Waals surface area contributed by atoms with Crippen LogP contribution >= 0.6 is 0 Å². The van der Waals surface area contributed by atoms with Gasteiger partial charge in [0, 0.05) is 16.7 Å². The van der Waals surface area contributed by atoms with Crippen molar-refractivity contribution in [2.24, 2.45) is 10.2 Å². The van der Waals surface area contributed by atoms with Crippen LogP contribution in [0, 0.1) is 12.3 Å². The Morgan fingerprint density at radius 1 is 1.09 bits per heavy atom. The smallest absolute Gasteiger partial charge is 0.213 e. The van der Waals surface area contributed by atoms with Gasteiger partial charge in [0.25, 0.3) is 0 Å². The van der Waals surface area contributed by atoms with Gasteiger partial charge in [0.1, 0.15) is 5.75 Å². The minimum Gasteiger partial charge on any atom is -0.497 e. The van der Waals surface area contributed by atoms with E-state index in [0.29, 0.717) is 13.2 Å². The molecule has 0 N–H and O–H groups in total. The van der Waals surface area contributed by atoms with E-state index in [1.807, 2.05) is 49.4 Å². The van der Waals surface area contributed by atoms with Gasteiger partial charge in [-0.15, -0.1) is 6.42 Å². The molecule has 0 amide bonds. The molecule has 0 spiro atoms. The van der Waals surface area contributed by atoms with Crippen molar-refractivity contribution in [2.45, 2.75) is 25.8 Å². The molecule has 116 valence electrons. The Bertz CT molecular complexity index is 767. The molecular weight excluding hydrogens is 288 g/mol. The number of nitrogens with zero attached hydrogens (tertiary/aromatic N) is 2. The maximum atomic E-state index is 5.87. The van der Waals surface area contributed by atoms with E-state index in [1.165, 1.54) is 0 Å². The molecule has 2 aromatic rings. The second-order valence-electron chi connectivity index (χ2n) is 5.54. The highest BCUT2D eigenvalue weighted by atomic mass is 16.5. The van der Waals surface area contributed by atoms with Crippen molar-refractivity contribution in [2.75, 3.05) is 7.11 Å². The summed E-state index contributed by atoms with van der Waals surface area (Å²) in [5, 5.41) is 8.23. The molecule has 0 radical (unpaired) electrons. The van der Waals surface area contributed by atoms with Crippen LogP contribution in [0.4, 0.5) is 0 Å². The number of benzene rings is 2. The van der Waals surface area contributed by atoms with Crippen molar-refractivity contribution in [3.8, 4) is 18.1 Å². The number of methoxy groups -OCH3 is 1. The Labute approximate surface area is 136 Å². The summed E-state index contributed by atoms with van der Waals surface area (Å²) < 4.78 is 11.0. The van der Waals surface area contributed by atoms with Gasteiger partial charge in [0.15, 0.2) is 0 Å². The van der Waals surface area contributed by atoms with E-state index in [1.54, 1.807) is 7.11 Å². The first-order valence-corrected chi connectivity index (χ1v) is 7.40. The Balaban J connectivity index is 1.71. The third kappa shape index (κ3) is 3.25. The maximum absolute atomic E-state index is 5.87. The molecule has 23 heavy (non-hydrogen) atoms. The van der Waals surface area contributed by atoms with Crippen LogP contribution in [0.1, 0.15) is 29.2 Å². The summed E-state index contributed by atoms with van der Waals surface area (Å²) in [5.74, 6) is 3.55. The lowest BCUT2D eigenvalue weighted by molar-refractivity contribution is 0.106. The third-order valence-corrected chi connectivity index (χ3v) is 3.92. The highest BCUT2D eigenvalue weighted by Crippen LogP contribution is 2.41. The van der Waals surface area contributed by atoms with E-state index in [4.69, 9.17) is 15.9 Å². The van der Waals surface area contributed by atoms with Gasteiger partial charge in [0.05, 0.1) is 20.3 Å². The predicted molar refractivity (Wildman–Crippen MR) is 88.1 cm³/mol. The lowest BCUT2D eigenvalue weighted by Gasteiger charge is -2.14. The van der Waals surface area contributed by atoms with Crippen molar-refractivity contribution in [1.29, 1.82) is 0 Å². The highest BCUT2D eigenvalue weighted by molar-refractivity contribution is 5.47. The SMILES string of the molecule is C#Cc1cccc(C2(C)N=N2)c1COCc1ccc(OC)cc1. The monoisotopic (exact) mass is 306 g/mol. The van der Waals surface area contributed by atoms with Crippen LogP contribution in [-0.2, 0) is 23.6 Å². The summed E-state index contributed by atoms with van der Waals surface area (Å²) in [6.45, 7) is 2.91.